The van der Waals surface area contributed by atoms with E-state index in [9.17, 15) is 22.8 Å². The van der Waals surface area contributed by atoms with E-state index in [0.29, 0.717) is 6.54 Å². The van der Waals surface area contributed by atoms with Gasteiger partial charge in [-0.3, -0.25) is 14.9 Å². The van der Waals surface area contributed by atoms with Gasteiger partial charge in [-0.1, -0.05) is 25.7 Å². The number of hydrogen-bond acceptors (Lipinski definition) is 6. The van der Waals surface area contributed by atoms with Crippen molar-refractivity contribution in [1.29, 1.82) is 0 Å². The van der Waals surface area contributed by atoms with Gasteiger partial charge in [-0.05, 0) is 56.9 Å². The number of nitrogens with one attached hydrogen (secondary N) is 1. The van der Waals surface area contributed by atoms with Crippen molar-refractivity contribution < 1.29 is 27.5 Å². The maximum atomic E-state index is 12.9. The molecular weight excluding hydrogens is 420 g/mol. The molecule has 1 aliphatic heterocycles. The Morgan fingerprint density at radius 1 is 1.00 bits per heavy atom. The van der Waals surface area contributed by atoms with Gasteiger partial charge in [-0.2, -0.15) is 4.31 Å². The van der Waals surface area contributed by atoms with Crippen LogP contribution in [-0.2, 0) is 24.3 Å². The minimum absolute atomic E-state index is 0.0572. The van der Waals surface area contributed by atoms with Crippen LogP contribution in [0.4, 0.5) is 0 Å². The van der Waals surface area contributed by atoms with Crippen molar-refractivity contribution in [3.05, 3.63) is 29.8 Å². The number of piperidine rings is 1. The van der Waals surface area contributed by atoms with E-state index in [4.69, 9.17) is 4.74 Å². The monoisotopic (exact) mass is 450 g/mol. The highest BCUT2D eigenvalue weighted by molar-refractivity contribution is 7.89. The zero-order chi connectivity index (χ0) is 22.4. The Morgan fingerprint density at radius 3 is 2.29 bits per heavy atom. The first kappa shape index (κ1) is 23.4. The maximum absolute atomic E-state index is 12.9. The van der Waals surface area contributed by atoms with Crippen molar-refractivity contribution in [1.82, 2.24) is 9.62 Å². The Kier molecular flexibility index (Phi) is 7.83. The molecular formula is C22H30N2O6S. The summed E-state index contributed by atoms with van der Waals surface area (Å²) in [7, 11) is -3.62. The number of esters is 1. The van der Waals surface area contributed by atoms with E-state index in [1.807, 2.05) is 6.92 Å². The molecule has 0 radical (unpaired) electrons. The van der Waals surface area contributed by atoms with E-state index >= 15 is 0 Å². The first-order valence-corrected chi connectivity index (χ1v) is 12.4. The predicted octanol–water partition coefficient (Wildman–Crippen LogP) is 2.63. The first-order chi connectivity index (χ1) is 14.8. The Labute approximate surface area is 183 Å². The number of benzene rings is 1. The molecule has 2 amide bonds. The summed E-state index contributed by atoms with van der Waals surface area (Å²) in [6.45, 7) is 1.82. The van der Waals surface area contributed by atoms with Gasteiger partial charge in [0.05, 0.1) is 10.5 Å². The van der Waals surface area contributed by atoms with Gasteiger partial charge in [0.15, 0.2) is 6.61 Å². The molecule has 2 fully saturated rings. The van der Waals surface area contributed by atoms with Crippen LogP contribution in [0.15, 0.2) is 29.2 Å². The minimum Gasteiger partial charge on any atom is -0.452 e. The molecule has 1 aliphatic carbocycles. The number of amides is 2. The van der Waals surface area contributed by atoms with E-state index in [2.05, 4.69) is 5.32 Å². The molecule has 1 saturated heterocycles. The third-order valence-corrected chi connectivity index (χ3v) is 8.04. The number of hydrogen-bond donors (Lipinski definition) is 1. The summed E-state index contributed by atoms with van der Waals surface area (Å²) >= 11 is 0. The zero-order valence-corrected chi connectivity index (χ0v) is 18.7. The standard InChI is InChI=1S/C22H30N2O6S/c1-16-7-5-6-14-24(16)31(28,29)19-12-10-18(11-13-19)22(27)30-15-20(25)23-21(26)17-8-3-2-4-9-17/h10-13,16-17H,2-9,14-15H2,1H3,(H,23,25,26). The summed E-state index contributed by atoms with van der Waals surface area (Å²) in [6.07, 6.45) is 7.26. The largest absolute Gasteiger partial charge is 0.452 e. The molecule has 1 saturated carbocycles. The molecule has 170 valence electrons. The fourth-order valence-electron chi connectivity index (χ4n) is 4.18. The van der Waals surface area contributed by atoms with Crippen LogP contribution in [0.5, 0.6) is 0 Å². The lowest BCUT2D eigenvalue weighted by atomic mass is 9.89. The highest BCUT2D eigenvalue weighted by Gasteiger charge is 2.31. The van der Waals surface area contributed by atoms with Crippen molar-refractivity contribution in [2.24, 2.45) is 5.92 Å². The fourth-order valence-corrected chi connectivity index (χ4v) is 5.88. The molecule has 0 spiro atoms. The second-order valence-corrected chi connectivity index (χ2v) is 10.2. The molecule has 8 nitrogen and oxygen atoms in total. The van der Waals surface area contributed by atoms with Crippen LogP contribution in [0, 0.1) is 5.92 Å². The van der Waals surface area contributed by atoms with E-state index in [1.165, 1.54) is 28.6 Å². The van der Waals surface area contributed by atoms with Crippen LogP contribution < -0.4 is 5.32 Å². The molecule has 1 aromatic rings. The Hall–Kier alpha value is -2.26. The quantitative estimate of drug-likeness (QED) is 0.667. The predicted molar refractivity (Wildman–Crippen MR) is 114 cm³/mol. The summed E-state index contributed by atoms with van der Waals surface area (Å²) < 4.78 is 32.2. The normalized spacial score (nSPS) is 20.7. The molecule has 0 aromatic heterocycles. The summed E-state index contributed by atoms with van der Waals surface area (Å²) in [5, 5.41) is 2.29. The van der Waals surface area contributed by atoms with Crippen molar-refractivity contribution in [2.75, 3.05) is 13.2 Å². The van der Waals surface area contributed by atoms with Gasteiger partial charge >= 0.3 is 5.97 Å². The van der Waals surface area contributed by atoms with E-state index < -0.39 is 28.5 Å². The van der Waals surface area contributed by atoms with Crippen LogP contribution in [0.25, 0.3) is 0 Å². The minimum atomic E-state index is -3.62. The Morgan fingerprint density at radius 2 is 1.65 bits per heavy atom. The van der Waals surface area contributed by atoms with Gasteiger partial charge in [0, 0.05) is 18.5 Å². The number of carbonyl (C=O) groups is 3. The number of sulfonamides is 1. The number of carbonyl (C=O) groups excluding carboxylic acids is 3. The highest BCUT2D eigenvalue weighted by Crippen LogP contribution is 2.25. The van der Waals surface area contributed by atoms with Crippen molar-refractivity contribution >= 4 is 27.8 Å². The number of ether oxygens (including phenoxy) is 1. The third-order valence-electron chi connectivity index (χ3n) is 6.01. The summed E-state index contributed by atoms with van der Waals surface area (Å²) in [6, 6.07) is 5.43. The van der Waals surface area contributed by atoms with Gasteiger partial charge in [0.1, 0.15) is 0 Å². The third kappa shape index (κ3) is 5.92. The lowest BCUT2D eigenvalue weighted by Gasteiger charge is -2.32. The van der Waals surface area contributed by atoms with Crippen LogP contribution in [-0.4, -0.2) is 49.7 Å². The van der Waals surface area contributed by atoms with E-state index in [-0.39, 0.29) is 28.3 Å². The van der Waals surface area contributed by atoms with Crippen LogP contribution >= 0.6 is 0 Å². The maximum Gasteiger partial charge on any atom is 0.338 e. The molecule has 31 heavy (non-hydrogen) atoms. The zero-order valence-electron chi connectivity index (χ0n) is 17.8. The average molecular weight is 451 g/mol. The topological polar surface area (TPSA) is 110 Å². The Bertz CT molecular complexity index is 906. The molecule has 0 bridgehead atoms. The van der Waals surface area contributed by atoms with Gasteiger partial charge in [-0.25, -0.2) is 13.2 Å². The van der Waals surface area contributed by atoms with Gasteiger partial charge in [0.2, 0.25) is 15.9 Å². The SMILES string of the molecule is CC1CCCCN1S(=O)(=O)c1ccc(C(=O)OCC(=O)NC(=O)C2CCCCC2)cc1. The summed E-state index contributed by atoms with van der Waals surface area (Å²) in [5.41, 5.74) is 0.136. The lowest BCUT2D eigenvalue weighted by molar-refractivity contribution is -0.135. The number of imide groups is 1. The summed E-state index contributed by atoms with van der Waals surface area (Å²) in [4.78, 5) is 36.3. The molecule has 1 heterocycles. The van der Waals surface area contributed by atoms with E-state index in [1.54, 1.807) is 0 Å². The molecule has 2 aliphatic rings. The smallest absolute Gasteiger partial charge is 0.338 e. The number of nitrogens with zero attached hydrogens (tertiary/aromatic N) is 1. The molecule has 3 rings (SSSR count). The van der Waals surface area contributed by atoms with Crippen LogP contribution in [0.3, 0.4) is 0 Å². The molecule has 9 heteroatoms. The van der Waals surface area contributed by atoms with Crippen LogP contribution in [0.1, 0.15) is 68.6 Å². The fraction of sp³-hybridized carbons (Fsp3) is 0.591. The molecule has 1 N–H and O–H groups in total. The highest BCUT2D eigenvalue weighted by atomic mass is 32.2. The second kappa shape index (κ2) is 10.4. The van der Waals surface area contributed by atoms with Crippen molar-refractivity contribution in [2.45, 2.75) is 69.2 Å². The lowest BCUT2D eigenvalue weighted by Crippen LogP contribution is -2.41. The average Bonchev–Trinajstić information content (AvgIpc) is 2.78. The summed E-state index contributed by atoms with van der Waals surface area (Å²) in [5.74, 6) is -1.90. The van der Waals surface area contributed by atoms with Gasteiger partial charge < -0.3 is 4.74 Å². The Balaban J connectivity index is 1.53. The molecule has 1 aromatic carbocycles. The van der Waals surface area contributed by atoms with Crippen LogP contribution in [0.2, 0.25) is 0 Å². The molecule has 1 unspecified atom stereocenters. The second-order valence-electron chi connectivity index (χ2n) is 8.31. The van der Waals surface area contributed by atoms with Gasteiger partial charge in [0.25, 0.3) is 5.91 Å². The first-order valence-electron chi connectivity index (χ1n) is 10.9. The van der Waals surface area contributed by atoms with Gasteiger partial charge in [-0.15, -0.1) is 0 Å². The van der Waals surface area contributed by atoms with E-state index in [0.717, 1.165) is 51.4 Å². The molecule has 1 atom stereocenters. The number of rotatable bonds is 6. The van der Waals surface area contributed by atoms with Crippen molar-refractivity contribution in [3.8, 4) is 0 Å². The van der Waals surface area contributed by atoms with Crippen molar-refractivity contribution in [3.63, 3.8) is 0 Å².